The number of nitriles is 1. The molecule has 0 radical (unpaired) electrons. The number of rotatable bonds is 3. The van der Waals surface area contributed by atoms with E-state index in [4.69, 9.17) is 5.26 Å². The molecule has 1 unspecified atom stereocenters. The van der Waals surface area contributed by atoms with E-state index in [2.05, 4.69) is 21.6 Å². The van der Waals surface area contributed by atoms with Crippen LogP contribution in [-0.4, -0.2) is 25.5 Å². The molecular formula is C6H9N5S. The quantitative estimate of drug-likeness (QED) is 0.642. The van der Waals surface area contributed by atoms with Crippen molar-refractivity contribution < 1.29 is 0 Å². The highest BCUT2D eigenvalue weighted by Gasteiger charge is 2.08. The third kappa shape index (κ3) is 2.20. The summed E-state index contributed by atoms with van der Waals surface area (Å²) in [5.41, 5.74) is 0. The average Bonchev–Trinajstić information content (AvgIpc) is 2.37. The molecule has 0 aromatic carbocycles. The molecule has 0 aliphatic heterocycles. The molecule has 5 nitrogen and oxygen atoms in total. The number of aromatic nitrogens is 4. The molecule has 0 spiro atoms. The number of thioether (sulfide) groups is 1. The molecule has 1 aromatic rings. The van der Waals surface area contributed by atoms with E-state index in [0.717, 1.165) is 5.16 Å². The van der Waals surface area contributed by atoms with Crippen molar-refractivity contribution in [2.75, 3.05) is 0 Å². The van der Waals surface area contributed by atoms with Gasteiger partial charge in [-0.05, 0) is 10.4 Å². The van der Waals surface area contributed by atoms with Gasteiger partial charge in [0.25, 0.3) is 0 Å². The Morgan fingerprint density at radius 2 is 2.50 bits per heavy atom. The molecule has 1 rings (SSSR count). The monoisotopic (exact) mass is 183 g/mol. The van der Waals surface area contributed by atoms with Crippen molar-refractivity contribution in [1.82, 2.24) is 20.2 Å². The molecule has 1 heterocycles. The molecule has 0 saturated heterocycles. The molecule has 64 valence electrons. The maximum Gasteiger partial charge on any atom is 0.209 e. The van der Waals surface area contributed by atoms with Gasteiger partial charge in [0.2, 0.25) is 5.16 Å². The second kappa shape index (κ2) is 4.07. The van der Waals surface area contributed by atoms with Crippen LogP contribution in [0.4, 0.5) is 0 Å². The lowest BCUT2D eigenvalue weighted by atomic mass is 10.4. The summed E-state index contributed by atoms with van der Waals surface area (Å²) in [6, 6.07) is 2.10. The minimum absolute atomic E-state index is 0.236. The Morgan fingerprint density at radius 3 is 3.00 bits per heavy atom. The number of aryl methyl sites for hydroxylation is 1. The molecule has 0 amide bonds. The van der Waals surface area contributed by atoms with Crippen LogP contribution in [0.1, 0.15) is 13.3 Å². The second-order valence-corrected chi connectivity index (χ2v) is 3.78. The molecule has 1 aromatic heterocycles. The first-order chi connectivity index (χ1) is 5.74. The van der Waals surface area contributed by atoms with Gasteiger partial charge >= 0.3 is 0 Å². The molecular weight excluding hydrogens is 174 g/mol. The van der Waals surface area contributed by atoms with Crippen molar-refractivity contribution in [3.63, 3.8) is 0 Å². The average molecular weight is 183 g/mol. The van der Waals surface area contributed by atoms with Crippen LogP contribution in [0.25, 0.3) is 0 Å². The van der Waals surface area contributed by atoms with Gasteiger partial charge in [0.15, 0.2) is 0 Å². The minimum Gasteiger partial charge on any atom is -0.224 e. The SMILES string of the molecule is CC(CC#N)Sc1nnnn1C. The molecule has 6 heteroatoms. The molecule has 0 aliphatic carbocycles. The lowest BCUT2D eigenvalue weighted by Gasteiger charge is -2.02. The summed E-state index contributed by atoms with van der Waals surface area (Å²) in [7, 11) is 1.78. The fourth-order valence-corrected chi connectivity index (χ4v) is 1.46. The van der Waals surface area contributed by atoms with Gasteiger partial charge in [0, 0.05) is 18.7 Å². The van der Waals surface area contributed by atoms with Crippen LogP contribution in [-0.2, 0) is 7.05 Å². The summed E-state index contributed by atoms with van der Waals surface area (Å²) in [6.07, 6.45) is 0.511. The number of hydrogen-bond donors (Lipinski definition) is 0. The van der Waals surface area contributed by atoms with Crippen LogP contribution < -0.4 is 0 Å². The number of tetrazole rings is 1. The first kappa shape index (κ1) is 9.00. The zero-order valence-electron chi connectivity index (χ0n) is 6.93. The van der Waals surface area contributed by atoms with Gasteiger partial charge in [-0.2, -0.15) is 5.26 Å². The van der Waals surface area contributed by atoms with Crippen LogP contribution in [0.15, 0.2) is 5.16 Å². The maximum absolute atomic E-state index is 8.41. The maximum atomic E-state index is 8.41. The lowest BCUT2D eigenvalue weighted by molar-refractivity contribution is 0.663. The highest BCUT2D eigenvalue weighted by molar-refractivity contribution is 7.99. The third-order valence-electron chi connectivity index (χ3n) is 1.27. The summed E-state index contributed by atoms with van der Waals surface area (Å²) in [4.78, 5) is 0. The van der Waals surface area contributed by atoms with Crippen molar-refractivity contribution in [3.05, 3.63) is 0 Å². The topological polar surface area (TPSA) is 67.4 Å². The van der Waals surface area contributed by atoms with Gasteiger partial charge in [-0.3, -0.25) is 0 Å². The first-order valence-corrected chi connectivity index (χ1v) is 4.38. The zero-order chi connectivity index (χ0) is 8.97. The fraction of sp³-hybridized carbons (Fsp3) is 0.667. The summed E-state index contributed by atoms with van der Waals surface area (Å²) in [6.45, 7) is 1.97. The van der Waals surface area contributed by atoms with E-state index < -0.39 is 0 Å². The Hall–Kier alpha value is -1.09. The van der Waals surface area contributed by atoms with Crippen molar-refractivity contribution in [2.45, 2.75) is 23.8 Å². The molecule has 0 aliphatic rings. The predicted molar refractivity (Wildman–Crippen MR) is 44.3 cm³/mol. The third-order valence-corrected chi connectivity index (χ3v) is 2.39. The summed E-state index contributed by atoms with van der Waals surface area (Å²) in [5, 5.41) is 20.4. The van der Waals surface area contributed by atoms with Gasteiger partial charge in [0.1, 0.15) is 0 Å². The summed E-state index contributed by atoms with van der Waals surface area (Å²) in [5.74, 6) is 0. The fourth-order valence-electron chi connectivity index (χ4n) is 0.671. The van der Waals surface area contributed by atoms with Crippen molar-refractivity contribution in [3.8, 4) is 6.07 Å². The Labute approximate surface area is 74.8 Å². The molecule has 0 fully saturated rings. The molecule has 0 saturated carbocycles. The highest BCUT2D eigenvalue weighted by atomic mass is 32.2. The van der Waals surface area contributed by atoms with E-state index in [1.807, 2.05) is 6.92 Å². The van der Waals surface area contributed by atoms with Crippen LogP contribution in [0.5, 0.6) is 0 Å². The van der Waals surface area contributed by atoms with E-state index in [-0.39, 0.29) is 5.25 Å². The Morgan fingerprint density at radius 1 is 1.75 bits per heavy atom. The normalized spacial score (nSPS) is 12.4. The van der Waals surface area contributed by atoms with E-state index >= 15 is 0 Å². The van der Waals surface area contributed by atoms with Crippen LogP contribution >= 0.6 is 11.8 Å². The van der Waals surface area contributed by atoms with Gasteiger partial charge in [-0.1, -0.05) is 18.7 Å². The number of hydrogen-bond acceptors (Lipinski definition) is 5. The summed E-state index contributed by atoms with van der Waals surface area (Å²) >= 11 is 1.51. The Kier molecular flexibility index (Phi) is 3.05. The number of nitrogens with zero attached hydrogens (tertiary/aromatic N) is 5. The Balaban J connectivity index is 2.53. The minimum atomic E-state index is 0.236. The Bertz CT molecular complexity index is 288. The zero-order valence-corrected chi connectivity index (χ0v) is 7.75. The molecule has 1 atom stereocenters. The van der Waals surface area contributed by atoms with Crippen LogP contribution in [0, 0.1) is 11.3 Å². The largest absolute Gasteiger partial charge is 0.224 e. The lowest BCUT2D eigenvalue weighted by Crippen LogP contribution is -1.99. The van der Waals surface area contributed by atoms with Crippen LogP contribution in [0.3, 0.4) is 0 Å². The van der Waals surface area contributed by atoms with Gasteiger partial charge < -0.3 is 0 Å². The van der Waals surface area contributed by atoms with Crippen molar-refractivity contribution in [2.24, 2.45) is 7.05 Å². The van der Waals surface area contributed by atoms with Gasteiger partial charge in [-0.25, -0.2) is 4.68 Å². The van der Waals surface area contributed by atoms with Crippen molar-refractivity contribution >= 4 is 11.8 Å². The predicted octanol–water partition coefficient (Wildman–Crippen LogP) is 0.604. The molecule has 12 heavy (non-hydrogen) atoms. The van der Waals surface area contributed by atoms with E-state index in [1.54, 1.807) is 11.7 Å². The second-order valence-electron chi connectivity index (χ2n) is 2.38. The van der Waals surface area contributed by atoms with E-state index in [0.29, 0.717) is 6.42 Å². The van der Waals surface area contributed by atoms with E-state index in [1.165, 1.54) is 11.8 Å². The van der Waals surface area contributed by atoms with Gasteiger partial charge in [-0.15, -0.1) is 5.10 Å². The molecule has 0 N–H and O–H groups in total. The van der Waals surface area contributed by atoms with Crippen LogP contribution in [0.2, 0.25) is 0 Å². The van der Waals surface area contributed by atoms with Gasteiger partial charge in [0.05, 0.1) is 6.07 Å². The first-order valence-electron chi connectivity index (χ1n) is 3.50. The van der Waals surface area contributed by atoms with E-state index in [9.17, 15) is 0 Å². The standard InChI is InChI=1S/C6H9N5S/c1-5(3-4-7)12-6-8-9-10-11(6)2/h5H,3H2,1-2H3. The summed E-state index contributed by atoms with van der Waals surface area (Å²) < 4.78 is 1.60. The van der Waals surface area contributed by atoms with Crippen molar-refractivity contribution in [1.29, 1.82) is 5.26 Å². The molecule has 0 bridgehead atoms. The smallest absolute Gasteiger partial charge is 0.209 e. The highest BCUT2D eigenvalue weighted by Crippen LogP contribution is 2.20.